The Labute approximate surface area is 97.8 Å². The van der Waals surface area contributed by atoms with Crippen LogP contribution in [0.15, 0.2) is 6.07 Å². The molecule has 1 heterocycles. The minimum Gasteiger partial charge on any atom is -0.348 e. The number of fused-ring (bicyclic) bond motifs is 1. The maximum atomic E-state index is 6.19. The highest BCUT2D eigenvalue weighted by Gasteiger charge is 2.25. The van der Waals surface area contributed by atoms with Crippen molar-refractivity contribution in [3.63, 3.8) is 0 Å². The van der Waals surface area contributed by atoms with E-state index in [0.29, 0.717) is 6.04 Å². The van der Waals surface area contributed by atoms with Crippen LogP contribution in [-0.2, 0) is 13.0 Å². The van der Waals surface area contributed by atoms with Gasteiger partial charge in [-0.15, -0.1) is 0 Å². The molecule has 1 unspecified atom stereocenters. The highest BCUT2D eigenvalue weighted by atomic mass is 15.0. The van der Waals surface area contributed by atoms with Gasteiger partial charge in [0.1, 0.15) is 0 Å². The molecule has 3 rings (SSSR count). The van der Waals surface area contributed by atoms with Gasteiger partial charge in [0.2, 0.25) is 0 Å². The summed E-state index contributed by atoms with van der Waals surface area (Å²) in [4.78, 5) is 0. The average Bonchev–Trinajstić information content (AvgIpc) is 2.51. The molecule has 0 amide bonds. The van der Waals surface area contributed by atoms with Crippen LogP contribution in [0.1, 0.15) is 55.1 Å². The van der Waals surface area contributed by atoms with Crippen molar-refractivity contribution in [1.82, 2.24) is 4.57 Å². The van der Waals surface area contributed by atoms with E-state index in [1.54, 1.807) is 5.69 Å². The average molecular weight is 218 g/mol. The third kappa shape index (κ3) is 1.60. The summed E-state index contributed by atoms with van der Waals surface area (Å²) in [6.45, 7) is 3.48. The quantitative estimate of drug-likeness (QED) is 0.813. The van der Waals surface area contributed by atoms with Crippen LogP contribution >= 0.6 is 0 Å². The van der Waals surface area contributed by atoms with Gasteiger partial charge in [-0.25, -0.2) is 0 Å². The van der Waals surface area contributed by atoms with Crippen molar-refractivity contribution in [3.05, 3.63) is 23.0 Å². The van der Waals surface area contributed by atoms with E-state index < -0.39 is 0 Å². The number of nitrogens with zero attached hydrogens (tertiary/aromatic N) is 1. The van der Waals surface area contributed by atoms with Gasteiger partial charge in [0.15, 0.2) is 0 Å². The molecule has 1 aromatic heterocycles. The Hall–Kier alpha value is -0.760. The normalized spacial score (nSPS) is 25.2. The second kappa shape index (κ2) is 3.92. The van der Waals surface area contributed by atoms with Crippen molar-refractivity contribution in [3.8, 4) is 0 Å². The van der Waals surface area contributed by atoms with Gasteiger partial charge in [0, 0.05) is 24.0 Å². The first-order chi connectivity index (χ1) is 7.75. The fraction of sp³-hybridized carbons (Fsp3) is 0.714. The Bertz CT molecular complexity index is 388. The lowest BCUT2D eigenvalue weighted by molar-refractivity contribution is 0.271. The van der Waals surface area contributed by atoms with E-state index in [9.17, 15) is 0 Å². The van der Waals surface area contributed by atoms with Crippen molar-refractivity contribution in [1.29, 1.82) is 0 Å². The van der Waals surface area contributed by atoms with Crippen molar-refractivity contribution >= 4 is 0 Å². The standard InChI is InChI=1S/C14H22N2/c1-10-8-12-13(15)6-3-7-14(12)16(10)9-11-4-2-5-11/h8,11,13H,2-7,9,15H2,1H3. The molecular formula is C14H22N2. The molecule has 2 heteroatoms. The van der Waals surface area contributed by atoms with Crippen molar-refractivity contribution in [2.75, 3.05) is 0 Å². The number of nitrogens with two attached hydrogens (primary N) is 1. The van der Waals surface area contributed by atoms with Gasteiger partial charge in [-0.05, 0) is 56.6 Å². The largest absolute Gasteiger partial charge is 0.348 e. The molecule has 0 spiro atoms. The molecular weight excluding hydrogens is 196 g/mol. The summed E-state index contributed by atoms with van der Waals surface area (Å²) in [6.07, 6.45) is 7.97. The first kappa shape index (κ1) is 10.4. The van der Waals surface area contributed by atoms with E-state index >= 15 is 0 Å². The smallest absolute Gasteiger partial charge is 0.0313 e. The molecule has 2 nitrogen and oxygen atoms in total. The van der Waals surface area contributed by atoms with Gasteiger partial charge in [-0.3, -0.25) is 0 Å². The lowest BCUT2D eigenvalue weighted by Crippen LogP contribution is -2.22. The summed E-state index contributed by atoms with van der Waals surface area (Å²) >= 11 is 0. The van der Waals surface area contributed by atoms with Gasteiger partial charge in [-0.1, -0.05) is 6.42 Å². The minimum absolute atomic E-state index is 0.296. The van der Waals surface area contributed by atoms with Crippen LogP contribution in [0.2, 0.25) is 0 Å². The molecule has 0 radical (unpaired) electrons. The topological polar surface area (TPSA) is 30.9 Å². The molecule has 88 valence electrons. The molecule has 1 aromatic rings. The first-order valence-corrected chi connectivity index (χ1v) is 6.70. The highest BCUT2D eigenvalue weighted by Crippen LogP contribution is 2.34. The van der Waals surface area contributed by atoms with Crippen LogP contribution in [0, 0.1) is 12.8 Å². The monoisotopic (exact) mass is 218 g/mol. The first-order valence-electron chi connectivity index (χ1n) is 6.70. The number of aromatic nitrogens is 1. The summed E-state index contributed by atoms with van der Waals surface area (Å²) in [5.74, 6) is 0.938. The van der Waals surface area contributed by atoms with Crippen LogP contribution in [0.25, 0.3) is 0 Å². The Morgan fingerprint density at radius 3 is 2.81 bits per heavy atom. The maximum absolute atomic E-state index is 6.19. The summed E-state index contributed by atoms with van der Waals surface area (Å²) < 4.78 is 2.55. The van der Waals surface area contributed by atoms with Crippen LogP contribution in [-0.4, -0.2) is 4.57 Å². The fourth-order valence-electron chi connectivity index (χ4n) is 3.19. The molecule has 1 saturated carbocycles. The van der Waals surface area contributed by atoms with Crippen LogP contribution in [0.3, 0.4) is 0 Å². The lowest BCUT2D eigenvalue weighted by Gasteiger charge is -2.29. The Morgan fingerprint density at radius 1 is 1.31 bits per heavy atom. The zero-order valence-corrected chi connectivity index (χ0v) is 10.2. The Morgan fingerprint density at radius 2 is 2.12 bits per heavy atom. The van der Waals surface area contributed by atoms with Crippen LogP contribution < -0.4 is 5.73 Å². The van der Waals surface area contributed by atoms with Crippen LogP contribution in [0.4, 0.5) is 0 Å². The number of hydrogen-bond acceptors (Lipinski definition) is 1. The molecule has 0 bridgehead atoms. The number of hydrogen-bond donors (Lipinski definition) is 1. The maximum Gasteiger partial charge on any atom is 0.0313 e. The summed E-state index contributed by atoms with van der Waals surface area (Å²) in [5, 5.41) is 0. The van der Waals surface area contributed by atoms with Crippen LogP contribution in [0.5, 0.6) is 0 Å². The van der Waals surface area contributed by atoms with E-state index in [-0.39, 0.29) is 0 Å². The molecule has 16 heavy (non-hydrogen) atoms. The summed E-state index contributed by atoms with van der Waals surface area (Å²) in [6, 6.07) is 2.63. The van der Waals surface area contributed by atoms with E-state index in [1.807, 2.05) is 0 Å². The van der Waals surface area contributed by atoms with E-state index in [4.69, 9.17) is 5.73 Å². The number of aryl methyl sites for hydroxylation is 1. The van der Waals surface area contributed by atoms with Gasteiger partial charge >= 0.3 is 0 Å². The van der Waals surface area contributed by atoms with Gasteiger partial charge in [0.05, 0.1) is 0 Å². The van der Waals surface area contributed by atoms with Gasteiger partial charge < -0.3 is 10.3 Å². The summed E-state index contributed by atoms with van der Waals surface area (Å²) in [7, 11) is 0. The van der Waals surface area contributed by atoms with E-state index in [1.165, 1.54) is 56.3 Å². The van der Waals surface area contributed by atoms with Gasteiger partial charge in [-0.2, -0.15) is 0 Å². The molecule has 1 fully saturated rings. The molecule has 0 aliphatic heterocycles. The lowest BCUT2D eigenvalue weighted by atomic mass is 9.85. The Balaban J connectivity index is 1.90. The molecule has 0 saturated heterocycles. The molecule has 2 aliphatic carbocycles. The van der Waals surface area contributed by atoms with E-state index in [2.05, 4.69) is 17.6 Å². The zero-order chi connectivity index (χ0) is 11.1. The third-order valence-corrected chi connectivity index (χ3v) is 4.44. The summed E-state index contributed by atoms with van der Waals surface area (Å²) in [5.41, 5.74) is 10.6. The molecule has 1 atom stereocenters. The third-order valence-electron chi connectivity index (χ3n) is 4.44. The molecule has 0 aromatic carbocycles. The predicted octanol–water partition coefficient (Wildman–Crippen LogP) is 2.93. The van der Waals surface area contributed by atoms with Crippen molar-refractivity contribution in [2.24, 2.45) is 11.7 Å². The molecule has 2 aliphatic rings. The molecule has 2 N–H and O–H groups in total. The SMILES string of the molecule is Cc1cc2c(n1CC1CCC1)CCCC2N. The zero-order valence-electron chi connectivity index (χ0n) is 10.2. The second-order valence-corrected chi connectivity index (χ2v) is 5.59. The van der Waals surface area contributed by atoms with E-state index in [0.717, 1.165) is 5.92 Å². The van der Waals surface area contributed by atoms with Gasteiger partial charge in [0.25, 0.3) is 0 Å². The fourth-order valence-corrected chi connectivity index (χ4v) is 3.19. The van der Waals surface area contributed by atoms with Crippen molar-refractivity contribution in [2.45, 2.75) is 58.0 Å². The Kier molecular flexibility index (Phi) is 2.55. The highest BCUT2D eigenvalue weighted by molar-refractivity contribution is 5.32. The second-order valence-electron chi connectivity index (χ2n) is 5.59. The predicted molar refractivity (Wildman–Crippen MR) is 66.4 cm³/mol. The number of rotatable bonds is 2. The minimum atomic E-state index is 0.296. The van der Waals surface area contributed by atoms with Crippen molar-refractivity contribution < 1.29 is 0 Å².